The summed E-state index contributed by atoms with van der Waals surface area (Å²) in [6.45, 7) is 6.64. The molecule has 0 bridgehead atoms. The van der Waals surface area contributed by atoms with Crippen molar-refractivity contribution in [2.24, 2.45) is 17.8 Å². The molecule has 3 heterocycles. The molecule has 0 spiro atoms. The molecule has 3 amide bonds. The van der Waals surface area contributed by atoms with Gasteiger partial charge in [0.05, 0.1) is 35.4 Å². The summed E-state index contributed by atoms with van der Waals surface area (Å²) in [5.41, 5.74) is 1.03. The number of methoxy groups -OCH3 is 1. The normalized spacial score (nSPS) is 27.4. The van der Waals surface area contributed by atoms with Gasteiger partial charge < -0.3 is 19.7 Å². The van der Waals surface area contributed by atoms with Gasteiger partial charge in [0.1, 0.15) is 23.1 Å². The minimum absolute atomic E-state index is 0.153. The monoisotopic (exact) mass is 732 g/mol. The molecule has 0 unspecified atom stereocenters. The zero-order valence-corrected chi connectivity index (χ0v) is 31.2. The van der Waals surface area contributed by atoms with E-state index in [1.54, 1.807) is 23.7 Å². The van der Waals surface area contributed by atoms with E-state index in [2.05, 4.69) is 23.9 Å². The van der Waals surface area contributed by atoms with Crippen molar-refractivity contribution in [1.82, 2.24) is 29.7 Å². The van der Waals surface area contributed by atoms with Crippen LogP contribution < -0.4 is 19.5 Å². The van der Waals surface area contributed by atoms with Gasteiger partial charge >= 0.3 is 0 Å². The number of ether oxygens (including phenoxy) is 2. The number of sulfonamides is 1. The van der Waals surface area contributed by atoms with Crippen LogP contribution in [0.2, 0.25) is 0 Å². The van der Waals surface area contributed by atoms with Crippen molar-refractivity contribution in [2.75, 3.05) is 20.7 Å². The maximum Gasteiger partial charge on any atom is 0.259 e. The fourth-order valence-electron chi connectivity index (χ4n) is 7.65. The van der Waals surface area contributed by atoms with Gasteiger partial charge in [0.25, 0.3) is 5.91 Å². The largest absolute Gasteiger partial charge is 0.496 e. The quantitative estimate of drug-likeness (QED) is 0.322. The average molecular weight is 733 g/mol. The predicted molar refractivity (Wildman–Crippen MR) is 195 cm³/mol. The number of aromatic nitrogens is 3. The van der Waals surface area contributed by atoms with Gasteiger partial charge in [0.2, 0.25) is 21.8 Å². The van der Waals surface area contributed by atoms with E-state index < -0.39 is 50.6 Å². The summed E-state index contributed by atoms with van der Waals surface area (Å²) in [5.74, 6) is -1.18. The van der Waals surface area contributed by atoms with E-state index in [9.17, 15) is 22.8 Å². The summed E-state index contributed by atoms with van der Waals surface area (Å²) >= 11 is 0. The van der Waals surface area contributed by atoms with E-state index in [-0.39, 0.29) is 37.0 Å². The maximum absolute atomic E-state index is 14.3. The molecule has 7 rings (SSSR count). The Labute approximate surface area is 304 Å². The number of allylic oxidation sites excluding steroid dienone is 1. The molecule has 2 aromatic heterocycles. The van der Waals surface area contributed by atoms with Crippen molar-refractivity contribution >= 4 is 38.6 Å². The number of pyridine rings is 1. The summed E-state index contributed by atoms with van der Waals surface area (Å²) < 4.78 is 41.9. The number of rotatable bonds is 8. The van der Waals surface area contributed by atoms with Crippen LogP contribution in [0.25, 0.3) is 16.7 Å². The highest BCUT2D eigenvalue weighted by Crippen LogP contribution is 2.47. The SMILES string of the molecule is COc1ccc2c(O[C@@H]3C[C@H]4C(=O)N[C@@]5(C(=O)NS(=O)(=O)C6CC6)C[C@@H]5/C=C\CCCCN(C)C(=O)[C@@H]4C3)cc(-n3ccc(C(C)C)n3)nc2c1C. The topological polar surface area (TPSA) is 162 Å². The first kappa shape index (κ1) is 35.9. The van der Waals surface area contributed by atoms with Crippen LogP contribution in [0.15, 0.2) is 42.6 Å². The minimum atomic E-state index is -3.83. The van der Waals surface area contributed by atoms with Gasteiger partial charge in [-0.15, -0.1) is 0 Å². The zero-order chi connectivity index (χ0) is 36.9. The Balaban J connectivity index is 1.21. The summed E-state index contributed by atoms with van der Waals surface area (Å²) in [6.07, 6.45) is 9.42. The number of amides is 3. The smallest absolute Gasteiger partial charge is 0.259 e. The third-order valence-corrected chi connectivity index (χ3v) is 12.9. The molecule has 4 aliphatic rings. The lowest BCUT2D eigenvalue weighted by molar-refractivity contribution is -0.140. The third kappa shape index (κ3) is 6.89. The average Bonchev–Trinajstić information content (AvgIpc) is 3.98. The molecule has 278 valence electrons. The van der Waals surface area contributed by atoms with E-state index in [0.717, 1.165) is 35.9 Å². The van der Waals surface area contributed by atoms with Crippen molar-refractivity contribution in [3.63, 3.8) is 0 Å². The van der Waals surface area contributed by atoms with E-state index in [1.165, 1.54) is 0 Å². The number of nitrogens with zero attached hydrogens (tertiary/aromatic N) is 4. The highest BCUT2D eigenvalue weighted by atomic mass is 32.2. The van der Waals surface area contributed by atoms with E-state index in [4.69, 9.17) is 19.6 Å². The molecule has 14 heteroatoms. The lowest BCUT2D eigenvalue weighted by atomic mass is 9.93. The molecule has 0 radical (unpaired) electrons. The molecule has 1 aromatic carbocycles. The lowest BCUT2D eigenvalue weighted by Crippen LogP contribution is -2.54. The van der Waals surface area contributed by atoms with Crippen LogP contribution in [0.3, 0.4) is 0 Å². The molecule has 3 aliphatic carbocycles. The van der Waals surface area contributed by atoms with Crippen molar-refractivity contribution < 1.29 is 32.3 Å². The number of benzene rings is 1. The number of fused-ring (bicyclic) bond motifs is 3. The fraction of sp³-hybridized carbons (Fsp3) is 0.553. The van der Waals surface area contributed by atoms with Crippen LogP contribution >= 0.6 is 0 Å². The number of hydrogen-bond acceptors (Lipinski definition) is 9. The maximum atomic E-state index is 14.3. The summed E-state index contributed by atoms with van der Waals surface area (Å²) in [4.78, 5) is 48.6. The Kier molecular flexibility index (Phi) is 9.55. The second kappa shape index (κ2) is 13.8. The Bertz CT molecular complexity index is 2040. The molecular formula is C38H48N6O7S. The van der Waals surface area contributed by atoms with Gasteiger partial charge in [-0.25, -0.2) is 18.1 Å². The van der Waals surface area contributed by atoms with E-state index in [0.29, 0.717) is 42.2 Å². The predicted octanol–water partition coefficient (Wildman–Crippen LogP) is 4.32. The molecule has 3 fully saturated rings. The van der Waals surface area contributed by atoms with Crippen LogP contribution in [0.1, 0.15) is 82.4 Å². The van der Waals surface area contributed by atoms with Gasteiger partial charge in [-0.2, -0.15) is 5.10 Å². The summed E-state index contributed by atoms with van der Waals surface area (Å²) in [5, 5.41) is 7.87. The first-order valence-electron chi connectivity index (χ1n) is 18.3. The minimum Gasteiger partial charge on any atom is -0.496 e. The molecule has 2 N–H and O–H groups in total. The zero-order valence-electron chi connectivity index (χ0n) is 30.4. The molecule has 3 saturated carbocycles. The highest BCUT2D eigenvalue weighted by Gasteiger charge is 2.62. The van der Waals surface area contributed by atoms with Gasteiger partial charge in [-0.3, -0.25) is 19.1 Å². The van der Waals surface area contributed by atoms with Gasteiger partial charge in [0, 0.05) is 42.7 Å². The number of nitrogens with one attached hydrogen (secondary N) is 2. The number of carbonyl (C=O) groups excluding carboxylic acids is 3. The molecule has 0 saturated heterocycles. The molecule has 13 nitrogen and oxygen atoms in total. The first-order chi connectivity index (χ1) is 24.8. The Morgan fingerprint density at radius 3 is 2.58 bits per heavy atom. The van der Waals surface area contributed by atoms with Gasteiger partial charge in [-0.1, -0.05) is 26.0 Å². The lowest BCUT2D eigenvalue weighted by Gasteiger charge is -2.26. The van der Waals surface area contributed by atoms with Crippen LogP contribution in [-0.4, -0.2) is 83.4 Å². The summed E-state index contributed by atoms with van der Waals surface area (Å²) in [7, 11) is -0.458. The van der Waals surface area contributed by atoms with Crippen molar-refractivity contribution in [3.8, 4) is 17.3 Å². The molecule has 1 aliphatic heterocycles. The van der Waals surface area contributed by atoms with Gasteiger partial charge in [-0.05, 0) is 82.4 Å². The highest BCUT2D eigenvalue weighted by molar-refractivity contribution is 7.91. The second-order valence-corrected chi connectivity index (χ2v) is 17.1. The van der Waals surface area contributed by atoms with E-state index in [1.807, 2.05) is 49.5 Å². The number of hydrogen-bond donors (Lipinski definition) is 2. The van der Waals surface area contributed by atoms with E-state index >= 15 is 0 Å². The van der Waals surface area contributed by atoms with Crippen molar-refractivity contribution in [1.29, 1.82) is 0 Å². The van der Waals surface area contributed by atoms with Crippen molar-refractivity contribution in [3.05, 3.63) is 53.9 Å². The standard InChI is InChI=1S/C38H48N6O7S/c1-22(2)30-15-17-44(41-30)33-20-32(27-13-14-31(50-5)23(3)34(27)39-33)51-25-18-28-29(19-25)36(46)43(4)16-9-7-6-8-10-24-21-38(24,40-35(28)45)37(47)42-52(48,49)26-11-12-26/h8,10,13-15,17,20,22,24-26,28-29H,6-7,9,11-12,16,18-19,21H2,1-5H3,(H,40,45)(H,42,47)/b10-8-/t24-,25+,28+,29+,38-/m0/s1. The fourth-order valence-corrected chi connectivity index (χ4v) is 9.01. The number of carbonyl (C=O) groups is 3. The first-order valence-corrected chi connectivity index (χ1v) is 19.9. The summed E-state index contributed by atoms with van der Waals surface area (Å²) in [6, 6.07) is 7.55. The van der Waals surface area contributed by atoms with Crippen LogP contribution in [0.5, 0.6) is 11.5 Å². The Hall–Kier alpha value is -4.46. The second-order valence-electron chi connectivity index (χ2n) is 15.2. The van der Waals surface area contributed by atoms with Crippen LogP contribution in [0.4, 0.5) is 0 Å². The van der Waals surface area contributed by atoms with Crippen LogP contribution in [-0.2, 0) is 24.4 Å². The van der Waals surface area contributed by atoms with Gasteiger partial charge in [0.15, 0.2) is 5.82 Å². The molecule has 52 heavy (non-hydrogen) atoms. The molecular weight excluding hydrogens is 685 g/mol. The molecule has 3 aromatic rings. The van der Waals surface area contributed by atoms with Crippen LogP contribution in [0, 0.1) is 24.7 Å². The third-order valence-electron chi connectivity index (χ3n) is 11.1. The Morgan fingerprint density at radius 2 is 1.87 bits per heavy atom. The number of aryl methyl sites for hydroxylation is 1. The Morgan fingerprint density at radius 1 is 1.10 bits per heavy atom. The molecule has 5 atom stereocenters. The van der Waals surface area contributed by atoms with Crippen molar-refractivity contribution in [2.45, 2.75) is 94.9 Å².